The van der Waals surface area contributed by atoms with Crippen molar-refractivity contribution in [2.24, 2.45) is 0 Å². The summed E-state index contributed by atoms with van der Waals surface area (Å²) in [6.07, 6.45) is 0. The summed E-state index contributed by atoms with van der Waals surface area (Å²) in [5.74, 6) is 0.342. The average molecular weight is 298 g/mol. The van der Waals surface area contributed by atoms with Crippen molar-refractivity contribution in [2.45, 2.75) is 20.8 Å². The largest absolute Gasteiger partial charge is 0.508 e. The molecule has 3 heteroatoms. The minimum atomic E-state index is -0.210. The highest BCUT2D eigenvalue weighted by Crippen LogP contribution is 2.24. The van der Waals surface area contributed by atoms with Crippen LogP contribution in [-0.4, -0.2) is 10.2 Å². The van der Waals surface area contributed by atoms with Crippen LogP contribution in [0.4, 0.5) is 4.39 Å². The Morgan fingerprint density at radius 1 is 0.727 bits per heavy atom. The van der Waals surface area contributed by atoms with E-state index in [4.69, 9.17) is 5.11 Å². The Balaban J connectivity index is 0.000000172. The highest BCUT2D eigenvalue weighted by atomic mass is 19.1. The molecule has 0 saturated heterocycles. The Labute approximate surface area is 129 Å². The topological polar surface area (TPSA) is 40.5 Å². The molecule has 0 radical (unpaired) electrons. The first-order valence-corrected chi connectivity index (χ1v) is 7.02. The van der Waals surface area contributed by atoms with E-state index in [1.807, 2.05) is 19.9 Å². The first-order chi connectivity index (χ1) is 10.4. The van der Waals surface area contributed by atoms with E-state index in [-0.39, 0.29) is 11.6 Å². The van der Waals surface area contributed by atoms with Gasteiger partial charge in [0.25, 0.3) is 0 Å². The van der Waals surface area contributed by atoms with Gasteiger partial charge < -0.3 is 10.2 Å². The van der Waals surface area contributed by atoms with Crippen molar-refractivity contribution in [3.05, 3.63) is 71.0 Å². The summed E-state index contributed by atoms with van der Waals surface area (Å²) in [6.45, 7) is 5.73. The van der Waals surface area contributed by atoms with Gasteiger partial charge in [0.2, 0.25) is 0 Å². The van der Waals surface area contributed by atoms with Crippen molar-refractivity contribution >= 4 is 10.8 Å². The minimum Gasteiger partial charge on any atom is -0.508 e. The van der Waals surface area contributed by atoms with Crippen molar-refractivity contribution in [1.82, 2.24) is 0 Å². The molecule has 0 aromatic heterocycles. The second-order valence-corrected chi connectivity index (χ2v) is 5.35. The van der Waals surface area contributed by atoms with Gasteiger partial charge in [-0.05, 0) is 78.6 Å². The third-order valence-electron chi connectivity index (χ3n) is 3.70. The lowest BCUT2D eigenvalue weighted by Crippen LogP contribution is -1.83. The zero-order chi connectivity index (χ0) is 16.3. The lowest BCUT2D eigenvalue weighted by molar-refractivity contribution is 0.474. The van der Waals surface area contributed by atoms with Crippen LogP contribution >= 0.6 is 0 Å². The van der Waals surface area contributed by atoms with Gasteiger partial charge >= 0.3 is 0 Å². The van der Waals surface area contributed by atoms with Crippen LogP contribution in [0.3, 0.4) is 0 Å². The molecule has 3 aromatic rings. The van der Waals surface area contributed by atoms with Crippen molar-refractivity contribution in [3.8, 4) is 11.5 Å². The second-order valence-electron chi connectivity index (χ2n) is 5.35. The fourth-order valence-electron chi connectivity index (χ4n) is 2.17. The monoisotopic (exact) mass is 298 g/mol. The van der Waals surface area contributed by atoms with Crippen molar-refractivity contribution in [2.75, 3.05) is 0 Å². The van der Waals surface area contributed by atoms with E-state index in [1.54, 1.807) is 43.3 Å². The molecule has 0 aliphatic rings. The second kappa shape index (κ2) is 6.48. The summed E-state index contributed by atoms with van der Waals surface area (Å²) in [5, 5.41) is 19.8. The third-order valence-corrected chi connectivity index (χ3v) is 3.70. The van der Waals surface area contributed by atoms with Gasteiger partial charge in [0.15, 0.2) is 0 Å². The van der Waals surface area contributed by atoms with Crippen LogP contribution in [-0.2, 0) is 0 Å². The molecule has 0 bridgehead atoms. The number of fused-ring (bicyclic) bond motifs is 1. The summed E-state index contributed by atoms with van der Waals surface area (Å²) in [4.78, 5) is 0. The molecule has 22 heavy (non-hydrogen) atoms. The molecule has 3 aromatic carbocycles. The maximum atomic E-state index is 13.1. The molecule has 3 rings (SSSR count). The Kier molecular flexibility index (Phi) is 4.66. The maximum Gasteiger partial charge on any atom is 0.126 e. The van der Waals surface area contributed by atoms with Crippen LogP contribution in [0.5, 0.6) is 11.5 Å². The molecular weight excluding hydrogens is 279 g/mol. The summed E-state index contributed by atoms with van der Waals surface area (Å²) < 4.78 is 13.1. The fraction of sp³-hybridized carbons (Fsp3) is 0.158. The number of aromatic hydroxyl groups is 2. The van der Waals surface area contributed by atoms with E-state index in [1.165, 1.54) is 11.6 Å². The van der Waals surface area contributed by atoms with Gasteiger partial charge in [0.05, 0.1) is 0 Å². The smallest absolute Gasteiger partial charge is 0.126 e. The number of benzene rings is 3. The summed E-state index contributed by atoms with van der Waals surface area (Å²) in [6, 6.07) is 13.4. The molecule has 0 saturated carbocycles. The standard InChI is InChI=1S/C11H9FO.C8H10O/c1-7-10-4-3-9(13)6-8(10)2-5-11(7)12;1-6-3-4-8(9)5-7(6)2/h2-6,13H,1H3;3-5,9H,1-2H3. The number of rotatable bonds is 0. The van der Waals surface area contributed by atoms with Gasteiger partial charge in [0.1, 0.15) is 17.3 Å². The predicted molar refractivity (Wildman–Crippen MR) is 87.9 cm³/mol. The van der Waals surface area contributed by atoms with Crippen LogP contribution < -0.4 is 0 Å². The molecule has 2 N–H and O–H groups in total. The number of hydrogen-bond acceptors (Lipinski definition) is 2. The predicted octanol–water partition coefficient (Wildman–Crippen LogP) is 5.00. The number of aryl methyl sites for hydroxylation is 3. The van der Waals surface area contributed by atoms with E-state index in [2.05, 4.69) is 0 Å². The van der Waals surface area contributed by atoms with Gasteiger partial charge in [-0.3, -0.25) is 0 Å². The van der Waals surface area contributed by atoms with E-state index in [0.29, 0.717) is 11.3 Å². The number of halogens is 1. The van der Waals surface area contributed by atoms with E-state index in [0.717, 1.165) is 16.3 Å². The average Bonchev–Trinajstić information content (AvgIpc) is 2.48. The molecule has 0 amide bonds. The maximum absolute atomic E-state index is 13.1. The molecular formula is C19H19FO2. The van der Waals surface area contributed by atoms with Crippen LogP contribution in [0.2, 0.25) is 0 Å². The van der Waals surface area contributed by atoms with Crippen LogP contribution in [0.15, 0.2) is 48.5 Å². The van der Waals surface area contributed by atoms with Crippen molar-refractivity contribution < 1.29 is 14.6 Å². The van der Waals surface area contributed by atoms with Gasteiger partial charge in [-0.15, -0.1) is 0 Å². The Bertz CT molecular complexity index is 810. The normalized spacial score (nSPS) is 10.2. The molecule has 0 aliphatic carbocycles. The summed E-state index contributed by atoms with van der Waals surface area (Å²) >= 11 is 0. The highest BCUT2D eigenvalue weighted by Gasteiger charge is 2.02. The first-order valence-electron chi connectivity index (χ1n) is 7.02. The van der Waals surface area contributed by atoms with E-state index < -0.39 is 0 Å². The molecule has 114 valence electrons. The van der Waals surface area contributed by atoms with Gasteiger partial charge in [0, 0.05) is 0 Å². The molecule has 0 fully saturated rings. The molecule has 0 atom stereocenters. The number of phenols is 2. The summed E-state index contributed by atoms with van der Waals surface area (Å²) in [7, 11) is 0. The quantitative estimate of drug-likeness (QED) is 0.613. The van der Waals surface area contributed by atoms with E-state index >= 15 is 0 Å². The third kappa shape index (κ3) is 3.55. The minimum absolute atomic E-state index is 0.207. The van der Waals surface area contributed by atoms with E-state index in [9.17, 15) is 9.50 Å². The zero-order valence-corrected chi connectivity index (χ0v) is 12.9. The SMILES string of the molecule is Cc1c(F)ccc2cc(O)ccc12.Cc1ccc(O)cc1C. The number of phenolic OH excluding ortho intramolecular Hbond substituents is 2. The van der Waals surface area contributed by atoms with Gasteiger partial charge in [-0.25, -0.2) is 4.39 Å². The Hall–Kier alpha value is -2.55. The van der Waals surface area contributed by atoms with Crippen molar-refractivity contribution in [1.29, 1.82) is 0 Å². The lowest BCUT2D eigenvalue weighted by atomic mass is 10.1. The fourth-order valence-corrected chi connectivity index (χ4v) is 2.17. The van der Waals surface area contributed by atoms with Crippen molar-refractivity contribution in [3.63, 3.8) is 0 Å². The van der Waals surface area contributed by atoms with Gasteiger partial charge in [-0.2, -0.15) is 0 Å². The first kappa shape index (κ1) is 15.8. The molecule has 0 unspecified atom stereocenters. The summed E-state index contributed by atoms with van der Waals surface area (Å²) in [5.41, 5.74) is 2.97. The number of hydrogen-bond donors (Lipinski definition) is 2. The molecule has 2 nitrogen and oxygen atoms in total. The highest BCUT2D eigenvalue weighted by molar-refractivity contribution is 5.86. The lowest BCUT2D eigenvalue weighted by Gasteiger charge is -2.03. The Morgan fingerprint density at radius 2 is 1.36 bits per heavy atom. The molecule has 0 heterocycles. The Morgan fingerprint density at radius 3 is 2.00 bits per heavy atom. The van der Waals surface area contributed by atoms with Gasteiger partial charge in [-0.1, -0.05) is 18.2 Å². The van der Waals surface area contributed by atoms with Crippen LogP contribution in [0, 0.1) is 26.6 Å². The molecule has 0 aliphatic heterocycles. The molecule has 0 spiro atoms. The zero-order valence-electron chi connectivity index (χ0n) is 12.9. The van der Waals surface area contributed by atoms with Crippen LogP contribution in [0.1, 0.15) is 16.7 Å². The van der Waals surface area contributed by atoms with Crippen LogP contribution in [0.25, 0.3) is 10.8 Å².